The lowest BCUT2D eigenvalue weighted by Gasteiger charge is -2.17. The number of para-hydroxylation sites is 1. The molecule has 0 fully saturated rings. The molecule has 0 aliphatic heterocycles. The standard InChI is InChI=1S/C17H14N8O2/c1-25(10-6-3-2-4-7-10)17-22-13(21-16(18)23-17)14-20-15(27-24-14)12-11(26)8-5-9-19-12/h2-9,26H,1H3,(H2,18,21,22,23). The summed E-state index contributed by atoms with van der Waals surface area (Å²) in [5.74, 6) is 0.561. The Kier molecular flexibility index (Phi) is 4.05. The molecule has 3 N–H and O–H groups in total. The summed E-state index contributed by atoms with van der Waals surface area (Å²) in [5.41, 5.74) is 6.87. The van der Waals surface area contributed by atoms with Crippen LogP contribution in [0.3, 0.4) is 0 Å². The van der Waals surface area contributed by atoms with E-state index in [4.69, 9.17) is 10.3 Å². The van der Waals surface area contributed by atoms with Crippen LogP contribution in [-0.4, -0.2) is 42.2 Å². The van der Waals surface area contributed by atoms with Gasteiger partial charge < -0.3 is 20.3 Å². The second-order valence-corrected chi connectivity index (χ2v) is 5.51. The highest BCUT2D eigenvalue weighted by Crippen LogP contribution is 2.27. The zero-order valence-corrected chi connectivity index (χ0v) is 14.2. The molecule has 3 heterocycles. The third-order valence-corrected chi connectivity index (χ3v) is 3.70. The molecular weight excluding hydrogens is 348 g/mol. The van der Waals surface area contributed by atoms with Crippen molar-refractivity contribution in [3.63, 3.8) is 0 Å². The fourth-order valence-electron chi connectivity index (χ4n) is 2.37. The van der Waals surface area contributed by atoms with Gasteiger partial charge in [-0.3, -0.25) is 0 Å². The third-order valence-electron chi connectivity index (χ3n) is 3.70. The average molecular weight is 362 g/mol. The Morgan fingerprint density at radius 2 is 1.78 bits per heavy atom. The van der Waals surface area contributed by atoms with E-state index in [1.807, 2.05) is 37.4 Å². The topological polar surface area (TPSA) is 140 Å². The van der Waals surface area contributed by atoms with Gasteiger partial charge in [0, 0.05) is 18.9 Å². The SMILES string of the molecule is CN(c1ccccc1)c1nc(N)nc(-c2noc(-c3ncccc3O)n2)n1. The van der Waals surface area contributed by atoms with E-state index in [0.29, 0.717) is 5.95 Å². The number of pyridine rings is 1. The number of rotatable bonds is 4. The molecule has 134 valence electrons. The monoisotopic (exact) mass is 362 g/mol. The van der Waals surface area contributed by atoms with Crippen LogP contribution in [-0.2, 0) is 0 Å². The van der Waals surface area contributed by atoms with E-state index < -0.39 is 0 Å². The molecule has 0 amide bonds. The van der Waals surface area contributed by atoms with Crippen molar-refractivity contribution in [2.24, 2.45) is 0 Å². The van der Waals surface area contributed by atoms with Gasteiger partial charge in [-0.15, -0.1) is 0 Å². The second kappa shape index (κ2) is 6.67. The fourth-order valence-corrected chi connectivity index (χ4v) is 2.37. The maximum atomic E-state index is 9.87. The minimum absolute atomic E-state index is 0.0183. The maximum Gasteiger partial charge on any atom is 0.280 e. The molecular formula is C17H14N8O2. The normalized spacial score (nSPS) is 10.7. The molecule has 0 spiro atoms. The molecule has 3 aromatic heterocycles. The molecule has 10 nitrogen and oxygen atoms in total. The van der Waals surface area contributed by atoms with E-state index in [-0.39, 0.29) is 34.9 Å². The van der Waals surface area contributed by atoms with Gasteiger partial charge >= 0.3 is 0 Å². The summed E-state index contributed by atoms with van der Waals surface area (Å²) in [6.45, 7) is 0. The van der Waals surface area contributed by atoms with Crippen LogP contribution in [0.15, 0.2) is 53.2 Å². The Bertz CT molecular complexity index is 1080. The van der Waals surface area contributed by atoms with Gasteiger partial charge in [-0.2, -0.15) is 19.9 Å². The number of hydrogen-bond donors (Lipinski definition) is 2. The average Bonchev–Trinajstić information content (AvgIpc) is 3.18. The first-order chi connectivity index (χ1) is 13.1. The summed E-state index contributed by atoms with van der Waals surface area (Å²) >= 11 is 0. The minimum atomic E-state index is -0.0765. The highest BCUT2D eigenvalue weighted by Gasteiger charge is 2.19. The van der Waals surface area contributed by atoms with Gasteiger partial charge in [-0.25, -0.2) is 4.98 Å². The van der Waals surface area contributed by atoms with Crippen molar-refractivity contribution >= 4 is 17.6 Å². The number of benzene rings is 1. The smallest absolute Gasteiger partial charge is 0.280 e. The van der Waals surface area contributed by atoms with Crippen molar-refractivity contribution in [3.05, 3.63) is 48.7 Å². The van der Waals surface area contributed by atoms with Gasteiger partial charge in [-0.1, -0.05) is 23.4 Å². The molecule has 0 saturated heterocycles. The molecule has 4 aromatic rings. The van der Waals surface area contributed by atoms with E-state index in [2.05, 4.69) is 30.1 Å². The van der Waals surface area contributed by atoms with Crippen LogP contribution in [0.2, 0.25) is 0 Å². The lowest BCUT2D eigenvalue weighted by molar-refractivity contribution is 0.423. The number of aromatic nitrogens is 6. The minimum Gasteiger partial charge on any atom is -0.505 e. The number of anilines is 3. The summed E-state index contributed by atoms with van der Waals surface area (Å²) in [6.07, 6.45) is 1.51. The van der Waals surface area contributed by atoms with Crippen molar-refractivity contribution < 1.29 is 9.63 Å². The third kappa shape index (κ3) is 3.23. The fraction of sp³-hybridized carbons (Fsp3) is 0.0588. The van der Waals surface area contributed by atoms with E-state index in [9.17, 15) is 5.11 Å². The van der Waals surface area contributed by atoms with E-state index >= 15 is 0 Å². The molecule has 10 heteroatoms. The van der Waals surface area contributed by atoms with Gasteiger partial charge in [0.2, 0.25) is 23.5 Å². The molecule has 4 rings (SSSR count). The van der Waals surface area contributed by atoms with Crippen molar-refractivity contribution in [1.82, 2.24) is 30.1 Å². The highest BCUT2D eigenvalue weighted by molar-refractivity contribution is 5.61. The maximum absolute atomic E-state index is 9.87. The number of nitrogen functional groups attached to an aromatic ring is 1. The molecule has 27 heavy (non-hydrogen) atoms. The zero-order valence-electron chi connectivity index (χ0n) is 14.2. The molecule has 0 atom stereocenters. The number of aromatic hydroxyl groups is 1. The van der Waals surface area contributed by atoms with Crippen molar-refractivity contribution in [2.45, 2.75) is 0 Å². The molecule has 0 bridgehead atoms. The molecule has 0 saturated carbocycles. The van der Waals surface area contributed by atoms with Gasteiger partial charge in [0.25, 0.3) is 5.89 Å². The highest BCUT2D eigenvalue weighted by atomic mass is 16.5. The lowest BCUT2D eigenvalue weighted by atomic mass is 10.3. The lowest BCUT2D eigenvalue weighted by Crippen LogP contribution is -2.15. The first-order valence-electron chi connectivity index (χ1n) is 7.90. The first-order valence-corrected chi connectivity index (χ1v) is 7.90. The summed E-state index contributed by atoms with van der Waals surface area (Å²) in [5, 5.41) is 13.7. The van der Waals surface area contributed by atoms with Crippen LogP contribution in [0.25, 0.3) is 23.2 Å². The molecule has 0 aliphatic rings. The van der Waals surface area contributed by atoms with E-state index in [1.54, 1.807) is 11.0 Å². The molecule has 0 unspecified atom stereocenters. The van der Waals surface area contributed by atoms with Crippen LogP contribution in [0.4, 0.5) is 17.6 Å². The van der Waals surface area contributed by atoms with Gasteiger partial charge in [0.05, 0.1) is 0 Å². The Morgan fingerprint density at radius 1 is 0.963 bits per heavy atom. The Labute approximate surface area is 153 Å². The largest absolute Gasteiger partial charge is 0.505 e. The zero-order chi connectivity index (χ0) is 18.8. The molecule has 0 aliphatic carbocycles. The summed E-state index contributed by atoms with van der Waals surface area (Å²) in [4.78, 5) is 22.6. The Hall–Kier alpha value is -4.08. The van der Waals surface area contributed by atoms with Crippen LogP contribution >= 0.6 is 0 Å². The number of hydrogen-bond acceptors (Lipinski definition) is 10. The quantitative estimate of drug-likeness (QED) is 0.554. The Morgan fingerprint density at radius 3 is 2.56 bits per heavy atom. The summed E-state index contributed by atoms with van der Waals surface area (Å²) in [7, 11) is 1.81. The van der Waals surface area contributed by atoms with Gasteiger partial charge in [0.15, 0.2) is 5.69 Å². The van der Waals surface area contributed by atoms with E-state index in [1.165, 1.54) is 12.3 Å². The van der Waals surface area contributed by atoms with Crippen LogP contribution in [0.1, 0.15) is 0 Å². The van der Waals surface area contributed by atoms with Gasteiger partial charge in [0.1, 0.15) is 5.75 Å². The van der Waals surface area contributed by atoms with Crippen LogP contribution < -0.4 is 10.6 Å². The first kappa shape index (κ1) is 16.4. The molecule has 1 aromatic carbocycles. The summed E-state index contributed by atoms with van der Waals surface area (Å²) < 4.78 is 5.17. The predicted octanol–water partition coefficient (Wildman–Crippen LogP) is 2.04. The summed E-state index contributed by atoms with van der Waals surface area (Å²) in [6, 6.07) is 12.6. The number of nitrogens with two attached hydrogens (primary N) is 1. The predicted molar refractivity (Wildman–Crippen MR) is 96.9 cm³/mol. The van der Waals surface area contributed by atoms with Crippen LogP contribution in [0.5, 0.6) is 5.75 Å². The van der Waals surface area contributed by atoms with Crippen molar-refractivity contribution in [3.8, 4) is 29.0 Å². The van der Waals surface area contributed by atoms with E-state index in [0.717, 1.165) is 5.69 Å². The molecule has 0 radical (unpaired) electrons. The van der Waals surface area contributed by atoms with Crippen molar-refractivity contribution in [2.75, 3.05) is 17.7 Å². The van der Waals surface area contributed by atoms with Crippen molar-refractivity contribution in [1.29, 1.82) is 0 Å². The number of nitrogens with zero attached hydrogens (tertiary/aromatic N) is 7. The van der Waals surface area contributed by atoms with Crippen LogP contribution in [0, 0.1) is 0 Å². The Balaban J connectivity index is 1.71. The van der Waals surface area contributed by atoms with Gasteiger partial charge in [-0.05, 0) is 24.3 Å². The second-order valence-electron chi connectivity index (χ2n) is 5.51.